The Kier molecular flexibility index (Phi) is 2.90. The molecule has 2 nitrogen and oxygen atoms in total. The van der Waals surface area contributed by atoms with Crippen molar-refractivity contribution in [2.24, 2.45) is 0 Å². The average molecular weight is 140 g/mol. The summed E-state index contributed by atoms with van der Waals surface area (Å²) in [7, 11) is 0. The summed E-state index contributed by atoms with van der Waals surface area (Å²) in [5.74, 6) is 0. The normalized spacial score (nSPS) is 25.7. The van der Waals surface area contributed by atoms with E-state index in [0.717, 1.165) is 13.1 Å². The van der Waals surface area contributed by atoms with Crippen LogP contribution in [0.3, 0.4) is 0 Å². The van der Waals surface area contributed by atoms with E-state index in [1.807, 2.05) is 0 Å². The molecule has 0 saturated carbocycles. The van der Waals surface area contributed by atoms with Gasteiger partial charge in [0.1, 0.15) is 0 Å². The Balaban J connectivity index is 2.26. The molecule has 0 aliphatic carbocycles. The van der Waals surface area contributed by atoms with Gasteiger partial charge in [0.15, 0.2) is 0 Å². The summed E-state index contributed by atoms with van der Waals surface area (Å²) in [6, 6.07) is 1.11. The lowest BCUT2D eigenvalue weighted by Gasteiger charge is -2.21. The molecule has 1 atom stereocenters. The molecule has 2 heteroatoms. The highest BCUT2D eigenvalue weighted by Crippen LogP contribution is 1.92. The third-order valence-electron chi connectivity index (χ3n) is 1.54. The molecule has 0 amide bonds. The van der Waals surface area contributed by atoms with Crippen LogP contribution in [0, 0.1) is 0 Å². The largest absolute Gasteiger partial charge is 0.311 e. The van der Waals surface area contributed by atoms with Crippen molar-refractivity contribution in [3.05, 3.63) is 12.2 Å². The van der Waals surface area contributed by atoms with Crippen LogP contribution in [0.4, 0.5) is 0 Å². The van der Waals surface area contributed by atoms with E-state index in [4.69, 9.17) is 0 Å². The van der Waals surface area contributed by atoms with Crippen LogP contribution in [0.5, 0.6) is 0 Å². The van der Waals surface area contributed by atoms with E-state index < -0.39 is 0 Å². The summed E-state index contributed by atoms with van der Waals surface area (Å²) in [4.78, 5) is 0. The van der Waals surface area contributed by atoms with Crippen LogP contribution in [-0.2, 0) is 0 Å². The maximum absolute atomic E-state index is 3.43. The molecular formula is C8H16N2. The predicted molar refractivity (Wildman–Crippen MR) is 44.1 cm³/mol. The lowest BCUT2D eigenvalue weighted by molar-refractivity contribution is 0.488. The van der Waals surface area contributed by atoms with Crippen LogP contribution in [0.2, 0.25) is 0 Å². The molecular weight excluding hydrogens is 124 g/mol. The molecule has 58 valence electrons. The minimum atomic E-state index is 0.536. The highest BCUT2D eigenvalue weighted by Gasteiger charge is 2.06. The summed E-state index contributed by atoms with van der Waals surface area (Å²) in [6.45, 7) is 6.43. The first-order valence-electron chi connectivity index (χ1n) is 3.92. The van der Waals surface area contributed by atoms with E-state index in [9.17, 15) is 0 Å². The molecule has 0 saturated heterocycles. The van der Waals surface area contributed by atoms with Crippen molar-refractivity contribution < 1.29 is 0 Å². The molecule has 0 radical (unpaired) electrons. The number of rotatable bonds is 2. The summed E-state index contributed by atoms with van der Waals surface area (Å²) in [5.41, 5.74) is 0. The first kappa shape index (κ1) is 7.76. The Bertz CT molecular complexity index is 118. The zero-order valence-electron chi connectivity index (χ0n) is 6.72. The second-order valence-electron chi connectivity index (χ2n) is 3.01. The number of nitrogens with one attached hydrogen (secondary N) is 2. The molecule has 0 fully saturated rings. The second kappa shape index (κ2) is 3.74. The Morgan fingerprint density at radius 2 is 2.40 bits per heavy atom. The van der Waals surface area contributed by atoms with E-state index in [1.54, 1.807) is 0 Å². The molecule has 1 aliphatic rings. The smallest absolute Gasteiger partial charge is 0.0378 e. The Labute approximate surface area is 62.7 Å². The third kappa shape index (κ3) is 2.50. The van der Waals surface area contributed by atoms with Crippen molar-refractivity contribution in [3.8, 4) is 0 Å². The first-order valence-corrected chi connectivity index (χ1v) is 3.92. The maximum Gasteiger partial charge on any atom is 0.0378 e. The lowest BCUT2D eigenvalue weighted by atomic mass is 10.2. The van der Waals surface area contributed by atoms with Gasteiger partial charge in [-0.15, -0.1) is 0 Å². The molecule has 1 aliphatic heterocycles. The SMILES string of the molecule is CC(C)NC1C=CCNC1. The van der Waals surface area contributed by atoms with Gasteiger partial charge in [-0.2, -0.15) is 0 Å². The Morgan fingerprint density at radius 1 is 1.60 bits per heavy atom. The van der Waals surface area contributed by atoms with Crippen molar-refractivity contribution in [3.63, 3.8) is 0 Å². The van der Waals surface area contributed by atoms with Gasteiger partial charge in [0.05, 0.1) is 0 Å². The molecule has 0 spiro atoms. The standard InChI is InChI=1S/C8H16N2/c1-7(2)10-8-4-3-5-9-6-8/h3-4,7-10H,5-6H2,1-2H3. The first-order chi connectivity index (χ1) is 4.79. The summed E-state index contributed by atoms with van der Waals surface area (Å²) >= 11 is 0. The minimum absolute atomic E-state index is 0.536. The molecule has 0 aromatic heterocycles. The summed E-state index contributed by atoms with van der Waals surface area (Å²) in [5, 5.41) is 6.72. The molecule has 0 bridgehead atoms. The zero-order valence-corrected chi connectivity index (χ0v) is 6.72. The molecule has 1 unspecified atom stereocenters. The van der Waals surface area contributed by atoms with Crippen LogP contribution < -0.4 is 10.6 Å². The maximum atomic E-state index is 3.43. The van der Waals surface area contributed by atoms with Gasteiger partial charge in [-0.1, -0.05) is 26.0 Å². The molecule has 1 rings (SSSR count). The highest BCUT2D eigenvalue weighted by molar-refractivity contribution is 5.00. The highest BCUT2D eigenvalue weighted by atomic mass is 15.0. The van der Waals surface area contributed by atoms with Crippen LogP contribution in [0.25, 0.3) is 0 Å². The van der Waals surface area contributed by atoms with Crippen molar-refractivity contribution in [2.75, 3.05) is 13.1 Å². The monoisotopic (exact) mass is 140 g/mol. The van der Waals surface area contributed by atoms with Crippen molar-refractivity contribution in [1.82, 2.24) is 10.6 Å². The lowest BCUT2D eigenvalue weighted by Crippen LogP contribution is -2.43. The number of hydrogen-bond acceptors (Lipinski definition) is 2. The van der Waals surface area contributed by atoms with Crippen LogP contribution in [-0.4, -0.2) is 25.2 Å². The molecule has 0 aromatic carbocycles. The van der Waals surface area contributed by atoms with E-state index in [1.165, 1.54) is 0 Å². The molecule has 0 aromatic rings. The third-order valence-corrected chi connectivity index (χ3v) is 1.54. The fraction of sp³-hybridized carbons (Fsp3) is 0.750. The predicted octanol–water partition coefficient (Wildman–Crippen LogP) is 0.512. The van der Waals surface area contributed by atoms with Gasteiger partial charge < -0.3 is 10.6 Å². The van der Waals surface area contributed by atoms with Crippen LogP contribution in [0.15, 0.2) is 12.2 Å². The van der Waals surface area contributed by atoms with Gasteiger partial charge in [-0.25, -0.2) is 0 Å². The quantitative estimate of drug-likeness (QED) is 0.546. The molecule has 10 heavy (non-hydrogen) atoms. The Hall–Kier alpha value is -0.340. The molecule has 1 heterocycles. The van der Waals surface area contributed by atoms with Gasteiger partial charge in [-0.3, -0.25) is 0 Å². The van der Waals surface area contributed by atoms with Crippen LogP contribution in [0.1, 0.15) is 13.8 Å². The van der Waals surface area contributed by atoms with E-state index in [-0.39, 0.29) is 0 Å². The van der Waals surface area contributed by atoms with Gasteiger partial charge >= 0.3 is 0 Å². The van der Waals surface area contributed by atoms with Gasteiger partial charge in [0, 0.05) is 25.2 Å². The van der Waals surface area contributed by atoms with Crippen molar-refractivity contribution in [2.45, 2.75) is 25.9 Å². The van der Waals surface area contributed by atoms with Gasteiger partial charge in [0.2, 0.25) is 0 Å². The van der Waals surface area contributed by atoms with E-state index >= 15 is 0 Å². The fourth-order valence-electron chi connectivity index (χ4n) is 1.17. The number of hydrogen-bond donors (Lipinski definition) is 2. The van der Waals surface area contributed by atoms with Crippen molar-refractivity contribution in [1.29, 1.82) is 0 Å². The second-order valence-corrected chi connectivity index (χ2v) is 3.01. The summed E-state index contributed by atoms with van der Waals surface area (Å²) < 4.78 is 0. The van der Waals surface area contributed by atoms with E-state index in [0.29, 0.717) is 12.1 Å². The topological polar surface area (TPSA) is 24.1 Å². The van der Waals surface area contributed by atoms with Crippen molar-refractivity contribution >= 4 is 0 Å². The van der Waals surface area contributed by atoms with E-state index in [2.05, 4.69) is 36.6 Å². The van der Waals surface area contributed by atoms with Gasteiger partial charge in [0.25, 0.3) is 0 Å². The molecule has 2 N–H and O–H groups in total. The minimum Gasteiger partial charge on any atom is -0.311 e. The van der Waals surface area contributed by atoms with Crippen LogP contribution >= 0.6 is 0 Å². The fourth-order valence-corrected chi connectivity index (χ4v) is 1.17. The zero-order chi connectivity index (χ0) is 7.40. The average Bonchev–Trinajstić information content (AvgIpc) is 1.88. The van der Waals surface area contributed by atoms with Gasteiger partial charge in [-0.05, 0) is 0 Å². The summed E-state index contributed by atoms with van der Waals surface area (Å²) in [6.07, 6.45) is 4.40. The Morgan fingerprint density at radius 3 is 2.90 bits per heavy atom.